The number of nitrogens with zero attached hydrogens (tertiary/aromatic N) is 7. The van der Waals surface area contributed by atoms with Gasteiger partial charge in [0, 0.05) is 49.9 Å². The number of hydrogen-bond donors (Lipinski definition) is 0. The number of anilines is 1. The average molecular weight is 424 g/mol. The summed E-state index contributed by atoms with van der Waals surface area (Å²) in [6, 6.07) is 5.82. The van der Waals surface area contributed by atoms with E-state index in [1.54, 1.807) is 30.4 Å². The molecule has 4 heterocycles. The van der Waals surface area contributed by atoms with Gasteiger partial charge in [-0.25, -0.2) is 4.98 Å². The second-order valence-electron chi connectivity index (χ2n) is 7.78. The Balaban J connectivity index is 1.47. The minimum absolute atomic E-state index is 0.0104. The lowest BCUT2D eigenvalue weighted by Gasteiger charge is -2.32. The first-order valence-corrected chi connectivity index (χ1v) is 10.5. The van der Waals surface area contributed by atoms with Crippen LogP contribution >= 0.6 is 11.6 Å². The van der Waals surface area contributed by atoms with Crippen LogP contribution in [0.3, 0.4) is 0 Å². The molecule has 0 unspecified atom stereocenters. The van der Waals surface area contributed by atoms with E-state index >= 15 is 0 Å². The molecule has 3 aromatic rings. The van der Waals surface area contributed by atoms with E-state index in [9.17, 15) is 4.79 Å². The Kier molecular flexibility index (Phi) is 4.86. The summed E-state index contributed by atoms with van der Waals surface area (Å²) >= 11 is 6.26. The maximum atomic E-state index is 12.2. The van der Waals surface area contributed by atoms with E-state index in [0.717, 1.165) is 54.6 Å². The van der Waals surface area contributed by atoms with Gasteiger partial charge in [0.2, 0.25) is 5.91 Å². The highest BCUT2D eigenvalue weighted by Crippen LogP contribution is 2.34. The second-order valence-corrected chi connectivity index (χ2v) is 8.22. The molecule has 2 aromatic heterocycles. The molecule has 1 saturated heterocycles. The Bertz CT molecular complexity index is 1080. The quantitative estimate of drug-likeness (QED) is 0.630. The first-order valence-electron chi connectivity index (χ1n) is 10.1. The largest absolute Gasteiger partial charge is 0.355 e. The van der Waals surface area contributed by atoms with Crippen molar-refractivity contribution in [1.82, 2.24) is 29.6 Å². The van der Waals surface area contributed by atoms with Crippen LogP contribution in [0.15, 0.2) is 36.8 Å². The Morgan fingerprint density at radius 3 is 2.70 bits per heavy atom. The molecule has 8 nitrogen and oxygen atoms in total. The van der Waals surface area contributed by atoms with Crippen molar-refractivity contribution in [3.05, 3.63) is 59.0 Å². The highest BCUT2D eigenvalue weighted by molar-refractivity contribution is 6.30. The molecule has 9 heteroatoms. The number of piperidine rings is 1. The van der Waals surface area contributed by atoms with Gasteiger partial charge in [-0.2, -0.15) is 0 Å². The van der Waals surface area contributed by atoms with Gasteiger partial charge in [0.05, 0.1) is 18.4 Å². The maximum Gasteiger partial charge on any atom is 0.220 e. The molecule has 154 valence electrons. The fourth-order valence-electron chi connectivity index (χ4n) is 4.33. The molecular weight excluding hydrogens is 402 g/mol. The number of rotatable bonds is 2. The van der Waals surface area contributed by atoms with E-state index in [4.69, 9.17) is 11.6 Å². The molecule has 0 bridgehead atoms. The summed E-state index contributed by atoms with van der Waals surface area (Å²) in [6.45, 7) is 4.31. The fourth-order valence-corrected chi connectivity index (χ4v) is 4.53. The highest BCUT2D eigenvalue weighted by atomic mass is 35.5. The van der Waals surface area contributed by atoms with Gasteiger partial charge in [0.25, 0.3) is 0 Å². The number of fused-ring (bicyclic) bond motifs is 3. The van der Waals surface area contributed by atoms with Crippen LogP contribution in [0.1, 0.15) is 42.9 Å². The number of carbonyl (C=O) groups is 1. The van der Waals surface area contributed by atoms with Gasteiger partial charge in [-0.1, -0.05) is 11.6 Å². The Morgan fingerprint density at radius 1 is 1.13 bits per heavy atom. The molecule has 0 saturated carbocycles. The lowest BCUT2D eigenvalue weighted by atomic mass is 9.95. The molecule has 0 spiro atoms. The van der Waals surface area contributed by atoms with Crippen LogP contribution in [-0.2, 0) is 17.9 Å². The van der Waals surface area contributed by atoms with Crippen LogP contribution in [0.25, 0.3) is 5.69 Å². The topological polar surface area (TPSA) is 80.0 Å². The van der Waals surface area contributed by atoms with Crippen molar-refractivity contribution in [2.24, 2.45) is 0 Å². The predicted molar refractivity (Wildman–Crippen MR) is 113 cm³/mol. The SMILES string of the molecule is CC(=O)N1Cc2cc(Cl)ccc2-n2c(nnc2C2CCN(c3cnccn3)CC2)C1. The van der Waals surface area contributed by atoms with Crippen LogP contribution in [0.2, 0.25) is 5.02 Å². The van der Waals surface area contributed by atoms with E-state index in [1.165, 1.54) is 0 Å². The molecule has 5 rings (SSSR count). The van der Waals surface area contributed by atoms with Crippen molar-refractivity contribution in [3.63, 3.8) is 0 Å². The van der Waals surface area contributed by atoms with Crippen molar-refractivity contribution in [2.45, 2.75) is 38.8 Å². The molecule has 2 aliphatic heterocycles. The molecule has 2 aliphatic rings. The first-order chi connectivity index (χ1) is 14.6. The van der Waals surface area contributed by atoms with Gasteiger partial charge in [-0.05, 0) is 36.6 Å². The monoisotopic (exact) mass is 423 g/mol. The van der Waals surface area contributed by atoms with Crippen LogP contribution < -0.4 is 4.90 Å². The lowest BCUT2D eigenvalue weighted by Crippen LogP contribution is -2.34. The van der Waals surface area contributed by atoms with Crippen molar-refractivity contribution in [1.29, 1.82) is 0 Å². The van der Waals surface area contributed by atoms with Crippen LogP contribution in [0.4, 0.5) is 5.82 Å². The van der Waals surface area contributed by atoms with Gasteiger partial charge >= 0.3 is 0 Å². The van der Waals surface area contributed by atoms with E-state index in [0.29, 0.717) is 18.1 Å². The summed E-state index contributed by atoms with van der Waals surface area (Å²) in [5.74, 6) is 2.95. The zero-order valence-corrected chi connectivity index (χ0v) is 17.5. The summed E-state index contributed by atoms with van der Waals surface area (Å²) in [7, 11) is 0. The summed E-state index contributed by atoms with van der Waals surface area (Å²) in [6.07, 6.45) is 7.13. The van der Waals surface area contributed by atoms with E-state index in [1.807, 2.05) is 18.2 Å². The van der Waals surface area contributed by atoms with Crippen LogP contribution in [0.5, 0.6) is 0 Å². The summed E-state index contributed by atoms with van der Waals surface area (Å²) in [5.41, 5.74) is 2.02. The fraction of sp³-hybridized carbons (Fsp3) is 0.381. The second kappa shape index (κ2) is 7.68. The molecule has 0 aliphatic carbocycles. The molecule has 0 N–H and O–H groups in total. The zero-order chi connectivity index (χ0) is 20.7. The van der Waals surface area contributed by atoms with Gasteiger partial charge in [-0.15, -0.1) is 10.2 Å². The number of halogens is 1. The van der Waals surface area contributed by atoms with Crippen LogP contribution in [0, 0.1) is 0 Å². The van der Waals surface area contributed by atoms with Crippen molar-refractivity contribution < 1.29 is 4.79 Å². The summed E-state index contributed by atoms with van der Waals surface area (Å²) < 4.78 is 2.14. The minimum Gasteiger partial charge on any atom is -0.355 e. The standard InChI is InChI=1S/C21H22ClN7O/c1-14(30)28-12-16-10-17(22)2-3-18(16)29-20(13-28)25-26-21(29)15-4-8-27(9-5-15)19-11-23-6-7-24-19/h2-3,6-7,10-11,15H,4-5,8-9,12-13H2,1H3. The number of aromatic nitrogens is 5. The minimum atomic E-state index is 0.0104. The molecule has 0 atom stereocenters. The Hall–Kier alpha value is -3.00. The van der Waals surface area contributed by atoms with Gasteiger partial charge < -0.3 is 9.80 Å². The van der Waals surface area contributed by atoms with Crippen molar-refractivity contribution in [3.8, 4) is 5.69 Å². The molecular formula is C21H22ClN7O. The third-order valence-electron chi connectivity index (χ3n) is 5.91. The molecule has 1 fully saturated rings. The molecule has 30 heavy (non-hydrogen) atoms. The summed E-state index contributed by atoms with van der Waals surface area (Å²) in [4.78, 5) is 24.8. The first kappa shape index (κ1) is 19.0. The highest BCUT2D eigenvalue weighted by Gasteiger charge is 2.30. The maximum absolute atomic E-state index is 12.2. The van der Waals surface area contributed by atoms with E-state index < -0.39 is 0 Å². The normalized spacial score (nSPS) is 16.7. The van der Waals surface area contributed by atoms with Crippen molar-refractivity contribution in [2.75, 3.05) is 18.0 Å². The third kappa shape index (κ3) is 3.41. The molecule has 0 radical (unpaired) electrons. The van der Waals surface area contributed by atoms with Crippen LogP contribution in [-0.4, -0.2) is 48.6 Å². The van der Waals surface area contributed by atoms with Gasteiger partial charge in [-0.3, -0.25) is 14.3 Å². The zero-order valence-electron chi connectivity index (χ0n) is 16.7. The van der Waals surface area contributed by atoms with Gasteiger partial charge in [0.1, 0.15) is 11.6 Å². The predicted octanol–water partition coefficient (Wildman–Crippen LogP) is 2.96. The molecule has 1 aromatic carbocycles. The Morgan fingerprint density at radius 2 is 1.97 bits per heavy atom. The van der Waals surface area contributed by atoms with Crippen molar-refractivity contribution >= 4 is 23.3 Å². The van der Waals surface area contributed by atoms with Gasteiger partial charge in [0.15, 0.2) is 5.82 Å². The smallest absolute Gasteiger partial charge is 0.220 e. The van der Waals surface area contributed by atoms with E-state index in [-0.39, 0.29) is 11.8 Å². The number of hydrogen-bond acceptors (Lipinski definition) is 6. The average Bonchev–Trinajstić information content (AvgIpc) is 3.10. The summed E-state index contributed by atoms with van der Waals surface area (Å²) in [5, 5.41) is 9.70. The lowest BCUT2D eigenvalue weighted by molar-refractivity contribution is -0.130. The molecule has 1 amide bonds. The van der Waals surface area contributed by atoms with E-state index in [2.05, 4.69) is 29.6 Å². The Labute approximate surface area is 179 Å². The third-order valence-corrected chi connectivity index (χ3v) is 6.15. The number of carbonyl (C=O) groups excluding carboxylic acids is 1. The number of benzene rings is 1. The number of amides is 1.